The predicted octanol–water partition coefficient (Wildman–Crippen LogP) is 1.48. The molecule has 0 bridgehead atoms. The topological polar surface area (TPSA) is 71.5 Å². The van der Waals surface area contributed by atoms with Crippen molar-refractivity contribution in [1.29, 1.82) is 0 Å². The number of carbonyl (C=O) groups is 2. The van der Waals surface area contributed by atoms with Crippen molar-refractivity contribution in [2.75, 3.05) is 25.5 Å². The van der Waals surface area contributed by atoms with E-state index in [1.54, 1.807) is 13.1 Å². The molecule has 0 aliphatic rings. The Morgan fingerprint density at radius 1 is 1.59 bits per heavy atom. The number of hydrogen-bond donors (Lipinski definition) is 1. The summed E-state index contributed by atoms with van der Waals surface area (Å²) in [6, 6.07) is 0. The lowest BCUT2D eigenvalue weighted by atomic mass is 10.5. The first kappa shape index (κ1) is 13.4. The SMILES string of the molecule is CCOC(=O)N(C)CC(=O)Nc1ncc(C)s1. The van der Waals surface area contributed by atoms with Gasteiger partial charge in [-0.25, -0.2) is 9.78 Å². The summed E-state index contributed by atoms with van der Waals surface area (Å²) in [5, 5.41) is 3.14. The molecule has 1 heterocycles. The van der Waals surface area contributed by atoms with Gasteiger partial charge in [-0.3, -0.25) is 4.79 Å². The lowest BCUT2D eigenvalue weighted by Gasteiger charge is -2.15. The highest BCUT2D eigenvalue weighted by Crippen LogP contribution is 2.16. The molecule has 0 fully saturated rings. The van der Waals surface area contributed by atoms with E-state index < -0.39 is 6.09 Å². The van der Waals surface area contributed by atoms with Crippen LogP contribution in [0.2, 0.25) is 0 Å². The Bertz CT molecular complexity index is 405. The van der Waals surface area contributed by atoms with E-state index in [2.05, 4.69) is 10.3 Å². The van der Waals surface area contributed by atoms with Gasteiger partial charge in [0.05, 0.1) is 6.61 Å². The molecule has 0 aliphatic carbocycles. The molecule has 0 atom stereocenters. The van der Waals surface area contributed by atoms with Crippen LogP contribution in [0.3, 0.4) is 0 Å². The highest BCUT2D eigenvalue weighted by atomic mass is 32.1. The van der Waals surface area contributed by atoms with Gasteiger partial charge in [0.15, 0.2) is 5.13 Å². The lowest BCUT2D eigenvalue weighted by molar-refractivity contribution is -0.116. The maximum Gasteiger partial charge on any atom is 0.409 e. The normalized spacial score (nSPS) is 9.82. The molecule has 0 aromatic carbocycles. The first-order valence-electron chi connectivity index (χ1n) is 5.13. The number of carbonyl (C=O) groups excluding carboxylic acids is 2. The minimum Gasteiger partial charge on any atom is -0.450 e. The van der Waals surface area contributed by atoms with Gasteiger partial charge in [-0.1, -0.05) is 0 Å². The summed E-state index contributed by atoms with van der Waals surface area (Å²) in [6.07, 6.45) is 1.16. The highest BCUT2D eigenvalue weighted by Gasteiger charge is 2.14. The van der Waals surface area contributed by atoms with Crippen LogP contribution in [0.25, 0.3) is 0 Å². The molecule has 2 amide bonds. The summed E-state index contributed by atoms with van der Waals surface area (Å²) in [5.74, 6) is -0.296. The average molecular weight is 257 g/mol. The fourth-order valence-corrected chi connectivity index (χ4v) is 1.77. The summed E-state index contributed by atoms with van der Waals surface area (Å²) in [5.41, 5.74) is 0. The minimum absolute atomic E-state index is 0.0581. The number of hydrogen-bond acceptors (Lipinski definition) is 5. The summed E-state index contributed by atoms with van der Waals surface area (Å²) in [7, 11) is 1.50. The predicted molar refractivity (Wildman–Crippen MR) is 65.1 cm³/mol. The average Bonchev–Trinajstić information content (AvgIpc) is 2.64. The van der Waals surface area contributed by atoms with Crippen molar-refractivity contribution >= 4 is 28.5 Å². The number of aryl methyl sites for hydroxylation is 1. The molecule has 0 spiro atoms. The molecular weight excluding hydrogens is 242 g/mol. The van der Waals surface area contributed by atoms with Gasteiger partial charge in [0.2, 0.25) is 5.91 Å². The maximum absolute atomic E-state index is 11.5. The summed E-state index contributed by atoms with van der Waals surface area (Å²) >= 11 is 1.38. The molecule has 0 saturated carbocycles. The van der Waals surface area contributed by atoms with Gasteiger partial charge in [-0.05, 0) is 13.8 Å². The fraction of sp³-hybridized carbons (Fsp3) is 0.500. The molecule has 6 nitrogen and oxygen atoms in total. The van der Waals surface area contributed by atoms with Crippen LogP contribution in [-0.2, 0) is 9.53 Å². The van der Waals surface area contributed by atoms with E-state index in [-0.39, 0.29) is 19.1 Å². The van der Waals surface area contributed by atoms with Crippen LogP contribution in [0.15, 0.2) is 6.20 Å². The second kappa shape index (κ2) is 6.19. The Kier molecular flexibility index (Phi) is 4.89. The van der Waals surface area contributed by atoms with Gasteiger partial charge in [-0.2, -0.15) is 0 Å². The monoisotopic (exact) mass is 257 g/mol. The zero-order valence-corrected chi connectivity index (χ0v) is 10.8. The van der Waals surface area contributed by atoms with Crippen LogP contribution in [0.5, 0.6) is 0 Å². The number of nitrogens with one attached hydrogen (secondary N) is 1. The van der Waals surface area contributed by atoms with Crippen LogP contribution >= 0.6 is 11.3 Å². The van der Waals surface area contributed by atoms with Gasteiger partial charge in [0.1, 0.15) is 6.54 Å². The Morgan fingerprint density at radius 2 is 2.29 bits per heavy atom. The van der Waals surface area contributed by atoms with E-state index in [1.807, 2.05) is 6.92 Å². The molecule has 1 aromatic rings. The third-order valence-electron chi connectivity index (χ3n) is 1.83. The summed E-state index contributed by atoms with van der Waals surface area (Å²) in [4.78, 5) is 29.0. The zero-order valence-electron chi connectivity index (χ0n) is 10.0. The first-order valence-corrected chi connectivity index (χ1v) is 5.94. The first-order chi connectivity index (χ1) is 8.02. The van der Waals surface area contributed by atoms with Crippen molar-refractivity contribution in [2.24, 2.45) is 0 Å². The second-order valence-electron chi connectivity index (χ2n) is 3.38. The van der Waals surface area contributed by atoms with Crippen molar-refractivity contribution in [3.63, 3.8) is 0 Å². The number of amides is 2. The van der Waals surface area contributed by atoms with Gasteiger partial charge in [0.25, 0.3) is 0 Å². The zero-order chi connectivity index (χ0) is 12.8. The summed E-state index contributed by atoms with van der Waals surface area (Å²) in [6.45, 7) is 3.84. The van der Waals surface area contributed by atoms with Gasteiger partial charge in [0, 0.05) is 18.1 Å². The fourth-order valence-electron chi connectivity index (χ4n) is 1.08. The van der Waals surface area contributed by atoms with Crippen molar-refractivity contribution < 1.29 is 14.3 Å². The minimum atomic E-state index is -0.516. The van der Waals surface area contributed by atoms with Crippen LogP contribution in [0.4, 0.5) is 9.93 Å². The summed E-state index contributed by atoms with van der Waals surface area (Å²) < 4.78 is 4.75. The number of nitrogens with zero attached hydrogens (tertiary/aromatic N) is 2. The standard InChI is InChI=1S/C10H15N3O3S/c1-4-16-10(15)13(3)6-8(14)12-9-11-5-7(2)17-9/h5H,4,6H2,1-3H3,(H,11,12,14). The highest BCUT2D eigenvalue weighted by molar-refractivity contribution is 7.15. The lowest BCUT2D eigenvalue weighted by Crippen LogP contribution is -2.35. The molecule has 0 saturated heterocycles. The van der Waals surface area contributed by atoms with Crippen LogP contribution in [0, 0.1) is 6.92 Å². The van der Waals surface area contributed by atoms with Gasteiger partial charge in [-0.15, -0.1) is 11.3 Å². The Hall–Kier alpha value is -1.63. The van der Waals surface area contributed by atoms with Gasteiger partial charge < -0.3 is 15.0 Å². The smallest absolute Gasteiger partial charge is 0.409 e. The Labute approximate surface area is 104 Å². The van der Waals surface area contributed by atoms with E-state index in [4.69, 9.17) is 4.74 Å². The largest absolute Gasteiger partial charge is 0.450 e. The van der Waals surface area contributed by atoms with Crippen LogP contribution in [0.1, 0.15) is 11.8 Å². The van der Waals surface area contributed by atoms with Crippen LogP contribution in [-0.4, -0.2) is 42.1 Å². The van der Waals surface area contributed by atoms with E-state index in [9.17, 15) is 9.59 Å². The number of aromatic nitrogens is 1. The van der Waals surface area contributed by atoms with E-state index in [0.717, 1.165) is 4.88 Å². The van der Waals surface area contributed by atoms with Crippen molar-refractivity contribution in [2.45, 2.75) is 13.8 Å². The third-order valence-corrected chi connectivity index (χ3v) is 2.66. The molecule has 0 radical (unpaired) electrons. The Balaban J connectivity index is 2.41. The number of likely N-dealkylation sites (N-methyl/N-ethyl adjacent to an activating group) is 1. The van der Waals surface area contributed by atoms with Crippen LogP contribution < -0.4 is 5.32 Å². The quantitative estimate of drug-likeness (QED) is 0.886. The molecule has 1 aromatic heterocycles. The van der Waals surface area contributed by atoms with Crippen molar-refractivity contribution in [3.05, 3.63) is 11.1 Å². The molecule has 0 unspecified atom stereocenters. The van der Waals surface area contributed by atoms with Gasteiger partial charge >= 0.3 is 6.09 Å². The van der Waals surface area contributed by atoms with E-state index in [1.165, 1.54) is 23.3 Å². The molecule has 0 aliphatic heterocycles. The number of thiazole rings is 1. The van der Waals surface area contributed by atoms with Crippen molar-refractivity contribution in [3.8, 4) is 0 Å². The number of rotatable bonds is 4. The molecule has 1 N–H and O–H groups in total. The molecule has 94 valence electrons. The van der Waals surface area contributed by atoms with Crippen molar-refractivity contribution in [1.82, 2.24) is 9.88 Å². The molecule has 7 heteroatoms. The molecular formula is C10H15N3O3S. The maximum atomic E-state index is 11.5. The number of anilines is 1. The molecule has 1 rings (SSSR count). The third kappa shape index (κ3) is 4.39. The van der Waals surface area contributed by atoms with E-state index in [0.29, 0.717) is 5.13 Å². The Morgan fingerprint density at radius 3 is 2.82 bits per heavy atom. The molecule has 17 heavy (non-hydrogen) atoms. The number of ether oxygens (including phenoxy) is 1. The van der Waals surface area contributed by atoms with E-state index >= 15 is 0 Å². The second-order valence-corrected chi connectivity index (χ2v) is 4.61.